The number of benzene rings is 1. The van der Waals surface area contributed by atoms with Crippen molar-refractivity contribution in [2.75, 3.05) is 18.9 Å². The lowest BCUT2D eigenvalue weighted by Crippen LogP contribution is -2.44. The van der Waals surface area contributed by atoms with Crippen LogP contribution in [0.2, 0.25) is 0 Å². The van der Waals surface area contributed by atoms with Crippen LogP contribution in [-0.4, -0.2) is 39.6 Å². The highest BCUT2D eigenvalue weighted by Gasteiger charge is 2.39. The molecule has 4 heteroatoms. The molecular formula is C15H21NO2S. The van der Waals surface area contributed by atoms with Crippen LogP contribution in [0.15, 0.2) is 30.3 Å². The van der Waals surface area contributed by atoms with Gasteiger partial charge in [-0.2, -0.15) is 0 Å². The van der Waals surface area contributed by atoms with Gasteiger partial charge < -0.3 is 10.0 Å². The molecule has 1 heterocycles. The third-order valence-electron chi connectivity index (χ3n) is 3.54. The van der Waals surface area contributed by atoms with E-state index in [4.69, 9.17) is 0 Å². The molecule has 0 aliphatic carbocycles. The van der Waals surface area contributed by atoms with Crippen LogP contribution in [-0.2, 0) is 11.3 Å². The number of amides is 1. The first-order valence-electron chi connectivity index (χ1n) is 6.74. The van der Waals surface area contributed by atoms with Gasteiger partial charge in [0.05, 0.1) is 11.4 Å². The number of thioether (sulfide) groups is 1. The summed E-state index contributed by atoms with van der Waals surface area (Å²) in [6.07, 6.45) is 2.04. The van der Waals surface area contributed by atoms with Crippen LogP contribution in [0.5, 0.6) is 0 Å². The van der Waals surface area contributed by atoms with E-state index in [1.807, 2.05) is 37.3 Å². The summed E-state index contributed by atoms with van der Waals surface area (Å²) in [6, 6.07) is 9.95. The third kappa shape index (κ3) is 3.51. The van der Waals surface area contributed by atoms with E-state index in [0.29, 0.717) is 13.1 Å². The first kappa shape index (κ1) is 14.4. The summed E-state index contributed by atoms with van der Waals surface area (Å²) in [7, 11) is 0. The molecule has 0 aromatic heterocycles. The summed E-state index contributed by atoms with van der Waals surface area (Å²) >= 11 is 1.74. The Balaban J connectivity index is 2.09. The van der Waals surface area contributed by atoms with Gasteiger partial charge >= 0.3 is 0 Å². The molecule has 1 atom stereocenters. The minimum Gasteiger partial charge on any atom is -0.395 e. The number of carbonyl (C=O) groups is 1. The molecule has 1 aliphatic heterocycles. The minimum absolute atomic E-state index is 0.0132. The summed E-state index contributed by atoms with van der Waals surface area (Å²) in [5.74, 6) is 1.22. The highest BCUT2D eigenvalue weighted by molar-refractivity contribution is 8.01. The van der Waals surface area contributed by atoms with E-state index < -0.39 is 0 Å². The third-order valence-corrected chi connectivity index (χ3v) is 5.05. The number of rotatable bonds is 5. The van der Waals surface area contributed by atoms with Crippen molar-refractivity contribution in [1.82, 2.24) is 4.90 Å². The minimum atomic E-state index is -0.302. The van der Waals surface area contributed by atoms with Crippen molar-refractivity contribution >= 4 is 17.7 Å². The first-order chi connectivity index (χ1) is 9.15. The zero-order chi connectivity index (χ0) is 13.7. The molecule has 0 spiro atoms. The second-order valence-corrected chi connectivity index (χ2v) is 6.72. The molecule has 1 aromatic rings. The van der Waals surface area contributed by atoms with E-state index >= 15 is 0 Å². The predicted octanol–water partition coefficient (Wildman–Crippen LogP) is 2.29. The molecule has 1 aromatic carbocycles. The molecule has 1 aliphatic rings. The van der Waals surface area contributed by atoms with Crippen molar-refractivity contribution in [2.45, 2.75) is 31.1 Å². The standard InChI is InChI=1S/C15H21NO2S/c1-15(8-5-11-19-15)14(18)16(9-10-17)12-13-6-3-2-4-7-13/h2-4,6-7,17H,5,8-12H2,1H3. The molecule has 19 heavy (non-hydrogen) atoms. The Kier molecular flexibility index (Phi) is 4.88. The van der Waals surface area contributed by atoms with Crippen molar-refractivity contribution in [3.63, 3.8) is 0 Å². The van der Waals surface area contributed by atoms with Gasteiger partial charge in [-0.25, -0.2) is 0 Å². The largest absolute Gasteiger partial charge is 0.395 e. The highest BCUT2D eigenvalue weighted by atomic mass is 32.2. The van der Waals surface area contributed by atoms with Crippen LogP contribution in [0.25, 0.3) is 0 Å². The molecule has 1 saturated heterocycles. The first-order valence-corrected chi connectivity index (χ1v) is 7.72. The van der Waals surface area contributed by atoms with Gasteiger partial charge in [-0.05, 0) is 31.1 Å². The maximum absolute atomic E-state index is 12.7. The lowest BCUT2D eigenvalue weighted by atomic mass is 10.0. The van der Waals surface area contributed by atoms with Crippen LogP contribution in [0.4, 0.5) is 0 Å². The fourth-order valence-corrected chi connectivity index (χ4v) is 3.74. The van der Waals surface area contributed by atoms with Gasteiger partial charge in [0.2, 0.25) is 5.91 Å². The molecule has 2 rings (SSSR count). The van der Waals surface area contributed by atoms with E-state index in [1.54, 1.807) is 16.7 Å². The van der Waals surface area contributed by atoms with Gasteiger partial charge in [0.1, 0.15) is 0 Å². The molecule has 1 unspecified atom stereocenters. The molecule has 3 nitrogen and oxygen atoms in total. The zero-order valence-corrected chi connectivity index (χ0v) is 12.2. The van der Waals surface area contributed by atoms with E-state index in [0.717, 1.165) is 24.2 Å². The van der Waals surface area contributed by atoms with Gasteiger partial charge in [-0.15, -0.1) is 11.8 Å². The van der Waals surface area contributed by atoms with Gasteiger partial charge in [-0.1, -0.05) is 30.3 Å². The van der Waals surface area contributed by atoms with Gasteiger partial charge in [0, 0.05) is 13.1 Å². The summed E-state index contributed by atoms with van der Waals surface area (Å²) in [5, 5.41) is 9.19. The summed E-state index contributed by atoms with van der Waals surface area (Å²) < 4.78 is -0.302. The molecule has 0 saturated carbocycles. The van der Waals surface area contributed by atoms with E-state index in [2.05, 4.69) is 0 Å². The van der Waals surface area contributed by atoms with E-state index in [9.17, 15) is 9.90 Å². The Morgan fingerprint density at radius 2 is 2.16 bits per heavy atom. The van der Waals surface area contributed by atoms with Gasteiger partial charge in [-0.3, -0.25) is 4.79 Å². The van der Waals surface area contributed by atoms with Crippen LogP contribution in [0.1, 0.15) is 25.3 Å². The Bertz CT molecular complexity index is 415. The van der Waals surface area contributed by atoms with Gasteiger partial charge in [0.15, 0.2) is 0 Å². The molecule has 1 amide bonds. The lowest BCUT2D eigenvalue weighted by molar-refractivity contribution is -0.134. The fraction of sp³-hybridized carbons (Fsp3) is 0.533. The zero-order valence-electron chi connectivity index (χ0n) is 11.3. The Morgan fingerprint density at radius 1 is 1.42 bits per heavy atom. The number of carbonyl (C=O) groups excluding carboxylic acids is 1. The van der Waals surface area contributed by atoms with Crippen LogP contribution in [0, 0.1) is 0 Å². The average Bonchev–Trinajstić information content (AvgIpc) is 2.87. The van der Waals surface area contributed by atoms with Crippen LogP contribution < -0.4 is 0 Å². The molecule has 0 radical (unpaired) electrons. The number of hydrogen-bond acceptors (Lipinski definition) is 3. The molecule has 0 bridgehead atoms. The average molecular weight is 279 g/mol. The summed E-state index contributed by atoms with van der Waals surface area (Å²) in [4.78, 5) is 14.4. The molecule has 104 valence electrons. The van der Waals surface area contributed by atoms with Crippen molar-refractivity contribution in [3.05, 3.63) is 35.9 Å². The quantitative estimate of drug-likeness (QED) is 0.899. The van der Waals surface area contributed by atoms with E-state index in [-0.39, 0.29) is 17.3 Å². The van der Waals surface area contributed by atoms with Crippen molar-refractivity contribution in [2.24, 2.45) is 0 Å². The summed E-state index contributed by atoms with van der Waals surface area (Å²) in [6.45, 7) is 3.03. The second kappa shape index (κ2) is 6.44. The maximum atomic E-state index is 12.7. The monoisotopic (exact) mass is 279 g/mol. The van der Waals surface area contributed by atoms with Crippen molar-refractivity contribution in [1.29, 1.82) is 0 Å². The SMILES string of the molecule is CC1(C(=O)N(CCO)Cc2ccccc2)CCCS1. The number of aliphatic hydroxyl groups is 1. The topological polar surface area (TPSA) is 40.5 Å². The lowest BCUT2D eigenvalue weighted by Gasteiger charge is -2.30. The summed E-state index contributed by atoms with van der Waals surface area (Å²) in [5.41, 5.74) is 1.11. The maximum Gasteiger partial charge on any atom is 0.238 e. The Labute approximate surface area is 119 Å². The number of nitrogens with zero attached hydrogens (tertiary/aromatic N) is 1. The van der Waals surface area contributed by atoms with Crippen LogP contribution >= 0.6 is 11.8 Å². The smallest absolute Gasteiger partial charge is 0.238 e. The highest BCUT2D eigenvalue weighted by Crippen LogP contribution is 2.39. The number of hydrogen-bond donors (Lipinski definition) is 1. The number of aliphatic hydroxyl groups excluding tert-OH is 1. The Morgan fingerprint density at radius 3 is 2.74 bits per heavy atom. The van der Waals surface area contributed by atoms with Crippen molar-refractivity contribution < 1.29 is 9.90 Å². The van der Waals surface area contributed by atoms with Crippen LogP contribution in [0.3, 0.4) is 0 Å². The van der Waals surface area contributed by atoms with E-state index in [1.165, 1.54) is 0 Å². The molecule has 1 fully saturated rings. The normalized spacial score (nSPS) is 22.4. The molecule has 1 N–H and O–H groups in total. The molecular weight excluding hydrogens is 258 g/mol. The van der Waals surface area contributed by atoms with Crippen molar-refractivity contribution in [3.8, 4) is 0 Å². The predicted molar refractivity (Wildman–Crippen MR) is 79.0 cm³/mol. The Hall–Kier alpha value is -1.00. The fourth-order valence-electron chi connectivity index (χ4n) is 2.46. The van der Waals surface area contributed by atoms with Gasteiger partial charge in [0.25, 0.3) is 0 Å². The second-order valence-electron chi connectivity index (χ2n) is 5.12.